The number of ether oxygens (including phenoxy) is 2. The molecule has 0 atom stereocenters. The number of nitrogens with zero attached hydrogens (tertiary/aromatic N) is 1. The SMILES string of the molecule is COc1ccc(/C=C/C=C2/SC(=Nc3ccc(OC)cc3)NC2=O)cc1. The molecule has 132 valence electrons. The molecule has 1 amide bonds. The van der Waals surface area contributed by atoms with Crippen LogP contribution >= 0.6 is 11.8 Å². The van der Waals surface area contributed by atoms with Crippen LogP contribution < -0.4 is 14.8 Å². The number of allylic oxidation sites excluding steroid dienone is 2. The first-order valence-electron chi connectivity index (χ1n) is 7.92. The predicted molar refractivity (Wildman–Crippen MR) is 106 cm³/mol. The fourth-order valence-electron chi connectivity index (χ4n) is 2.23. The summed E-state index contributed by atoms with van der Waals surface area (Å²) in [5.41, 5.74) is 1.78. The number of benzene rings is 2. The van der Waals surface area contributed by atoms with Crippen molar-refractivity contribution in [3.05, 3.63) is 71.2 Å². The number of rotatable bonds is 5. The highest BCUT2D eigenvalue weighted by molar-refractivity contribution is 8.18. The number of amides is 1. The van der Waals surface area contributed by atoms with Gasteiger partial charge in [-0.25, -0.2) is 4.99 Å². The number of nitrogens with one attached hydrogen (secondary N) is 1. The van der Waals surface area contributed by atoms with Crippen molar-refractivity contribution < 1.29 is 14.3 Å². The smallest absolute Gasteiger partial charge is 0.264 e. The number of methoxy groups -OCH3 is 2. The third-order valence-electron chi connectivity index (χ3n) is 3.61. The molecule has 1 heterocycles. The summed E-state index contributed by atoms with van der Waals surface area (Å²) in [6, 6.07) is 15.0. The van der Waals surface area contributed by atoms with Gasteiger partial charge in [0.15, 0.2) is 5.17 Å². The molecule has 0 aromatic heterocycles. The van der Waals surface area contributed by atoms with Crippen LogP contribution in [0.2, 0.25) is 0 Å². The van der Waals surface area contributed by atoms with Gasteiger partial charge in [0.1, 0.15) is 11.5 Å². The summed E-state index contributed by atoms with van der Waals surface area (Å²) >= 11 is 1.31. The molecule has 0 aliphatic carbocycles. The molecular weight excluding hydrogens is 348 g/mol. The van der Waals surface area contributed by atoms with E-state index in [9.17, 15) is 4.79 Å². The largest absolute Gasteiger partial charge is 0.497 e. The number of carbonyl (C=O) groups is 1. The molecule has 0 radical (unpaired) electrons. The van der Waals surface area contributed by atoms with E-state index in [1.807, 2.05) is 60.7 Å². The summed E-state index contributed by atoms with van der Waals surface area (Å²) in [5, 5.41) is 3.33. The van der Waals surface area contributed by atoms with E-state index in [1.165, 1.54) is 11.8 Å². The monoisotopic (exact) mass is 366 g/mol. The van der Waals surface area contributed by atoms with Crippen molar-refractivity contribution in [1.82, 2.24) is 5.32 Å². The fraction of sp³-hybridized carbons (Fsp3) is 0.100. The number of aliphatic imine (C=N–C) groups is 1. The maximum Gasteiger partial charge on any atom is 0.264 e. The van der Waals surface area contributed by atoms with Crippen molar-refractivity contribution in [2.24, 2.45) is 4.99 Å². The van der Waals surface area contributed by atoms with Gasteiger partial charge in [-0.1, -0.05) is 24.3 Å². The van der Waals surface area contributed by atoms with Gasteiger partial charge >= 0.3 is 0 Å². The van der Waals surface area contributed by atoms with Crippen LogP contribution in [0.3, 0.4) is 0 Å². The van der Waals surface area contributed by atoms with Gasteiger partial charge in [0.2, 0.25) is 0 Å². The lowest BCUT2D eigenvalue weighted by Crippen LogP contribution is -2.19. The lowest BCUT2D eigenvalue weighted by Gasteiger charge is -1.99. The Morgan fingerprint density at radius 2 is 1.58 bits per heavy atom. The average Bonchev–Trinajstić information content (AvgIpc) is 3.02. The predicted octanol–water partition coefficient (Wildman–Crippen LogP) is 4.15. The molecule has 0 spiro atoms. The van der Waals surface area contributed by atoms with E-state index in [1.54, 1.807) is 20.3 Å². The third kappa shape index (κ3) is 4.55. The Bertz CT molecular complexity index is 869. The highest BCUT2D eigenvalue weighted by Crippen LogP contribution is 2.27. The van der Waals surface area contributed by atoms with E-state index in [-0.39, 0.29) is 5.91 Å². The zero-order valence-electron chi connectivity index (χ0n) is 14.4. The summed E-state index contributed by atoms with van der Waals surface area (Å²) in [5.74, 6) is 1.42. The summed E-state index contributed by atoms with van der Waals surface area (Å²) in [7, 11) is 3.25. The molecule has 0 unspecified atom stereocenters. The number of thioether (sulfide) groups is 1. The van der Waals surface area contributed by atoms with E-state index >= 15 is 0 Å². The van der Waals surface area contributed by atoms with Crippen LogP contribution in [-0.2, 0) is 4.79 Å². The Balaban J connectivity index is 1.67. The normalized spacial score (nSPS) is 17.1. The van der Waals surface area contributed by atoms with Crippen LogP contribution in [0.4, 0.5) is 5.69 Å². The number of hydrogen-bond acceptors (Lipinski definition) is 5. The molecule has 5 nitrogen and oxygen atoms in total. The number of hydrogen-bond donors (Lipinski definition) is 1. The van der Waals surface area contributed by atoms with Crippen LogP contribution in [-0.4, -0.2) is 25.3 Å². The van der Waals surface area contributed by atoms with Crippen LogP contribution in [0, 0.1) is 0 Å². The molecule has 1 N–H and O–H groups in total. The van der Waals surface area contributed by atoms with Crippen molar-refractivity contribution in [2.75, 3.05) is 14.2 Å². The average molecular weight is 366 g/mol. The van der Waals surface area contributed by atoms with Crippen LogP contribution in [0.1, 0.15) is 5.56 Å². The molecular formula is C20H18N2O3S. The van der Waals surface area contributed by atoms with Gasteiger partial charge in [-0.2, -0.15) is 0 Å². The van der Waals surface area contributed by atoms with Gasteiger partial charge in [0.05, 0.1) is 24.8 Å². The van der Waals surface area contributed by atoms with Crippen LogP contribution in [0.25, 0.3) is 6.08 Å². The molecule has 1 saturated heterocycles. The van der Waals surface area contributed by atoms with Gasteiger partial charge in [0.25, 0.3) is 5.91 Å². The van der Waals surface area contributed by atoms with Gasteiger partial charge in [0, 0.05) is 0 Å². The van der Waals surface area contributed by atoms with E-state index in [0.717, 1.165) is 22.7 Å². The first-order chi connectivity index (χ1) is 12.7. The Hall–Kier alpha value is -2.99. The second-order valence-electron chi connectivity index (χ2n) is 5.33. The van der Waals surface area contributed by atoms with E-state index in [4.69, 9.17) is 9.47 Å². The first-order valence-corrected chi connectivity index (χ1v) is 8.74. The Morgan fingerprint density at radius 1 is 0.962 bits per heavy atom. The Kier molecular flexibility index (Phi) is 5.76. The lowest BCUT2D eigenvalue weighted by molar-refractivity contribution is -0.115. The van der Waals surface area contributed by atoms with Crippen molar-refractivity contribution in [3.63, 3.8) is 0 Å². The maximum atomic E-state index is 12.0. The zero-order valence-corrected chi connectivity index (χ0v) is 15.2. The van der Waals surface area contributed by atoms with Crippen molar-refractivity contribution >= 4 is 34.6 Å². The minimum absolute atomic E-state index is 0.151. The van der Waals surface area contributed by atoms with Crippen LogP contribution in [0.5, 0.6) is 11.5 Å². The van der Waals surface area contributed by atoms with Crippen molar-refractivity contribution in [1.29, 1.82) is 0 Å². The number of carbonyl (C=O) groups excluding carboxylic acids is 1. The second-order valence-corrected chi connectivity index (χ2v) is 6.37. The van der Waals surface area contributed by atoms with Crippen LogP contribution in [0.15, 0.2) is 70.6 Å². The highest BCUT2D eigenvalue weighted by Gasteiger charge is 2.23. The summed E-state index contributed by atoms with van der Waals surface area (Å²) < 4.78 is 10.2. The van der Waals surface area contributed by atoms with E-state index < -0.39 is 0 Å². The van der Waals surface area contributed by atoms with Crippen molar-refractivity contribution in [2.45, 2.75) is 0 Å². The maximum absolute atomic E-state index is 12.0. The van der Waals surface area contributed by atoms with Crippen molar-refractivity contribution in [3.8, 4) is 11.5 Å². The summed E-state index contributed by atoms with van der Waals surface area (Å²) in [4.78, 5) is 17.1. The fourth-order valence-corrected chi connectivity index (χ4v) is 3.02. The quantitative estimate of drug-likeness (QED) is 0.808. The number of amidine groups is 1. The highest BCUT2D eigenvalue weighted by atomic mass is 32.2. The minimum atomic E-state index is -0.151. The van der Waals surface area contributed by atoms with Gasteiger partial charge in [-0.3, -0.25) is 4.79 Å². The molecule has 2 aromatic rings. The van der Waals surface area contributed by atoms with E-state index in [2.05, 4.69) is 10.3 Å². The topological polar surface area (TPSA) is 59.9 Å². The first kappa shape index (κ1) is 17.8. The molecule has 26 heavy (non-hydrogen) atoms. The third-order valence-corrected chi connectivity index (χ3v) is 4.53. The molecule has 0 saturated carbocycles. The van der Waals surface area contributed by atoms with Gasteiger partial charge in [-0.05, 0) is 59.8 Å². The summed E-state index contributed by atoms with van der Waals surface area (Å²) in [6.45, 7) is 0. The van der Waals surface area contributed by atoms with Gasteiger partial charge in [-0.15, -0.1) is 0 Å². The van der Waals surface area contributed by atoms with Gasteiger partial charge < -0.3 is 14.8 Å². The molecule has 6 heteroatoms. The molecule has 1 aliphatic rings. The minimum Gasteiger partial charge on any atom is -0.497 e. The summed E-state index contributed by atoms with van der Waals surface area (Å²) in [6.07, 6.45) is 5.56. The molecule has 2 aromatic carbocycles. The molecule has 1 fully saturated rings. The Labute approximate surface area is 156 Å². The standard InChI is InChI=1S/C20H18N2O3S/c1-24-16-10-6-14(7-11-16)4-3-5-18-19(23)22-20(26-18)21-15-8-12-17(25-2)13-9-15/h3-13H,1-2H3,(H,21,22,23)/b4-3+,18-5+. The molecule has 0 bridgehead atoms. The molecule has 3 rings (SSSR count). The van der Waals surface area contributed by atoms with E-state index in [0.29, 0.717) is 10.1 Å². The second kappa shape index (κ2) is 8.40. The Morgan fingerprint density at radius 3 is 2.19 bits per heavy atom. The lowest BCUT2D eigenvalue weighted by atomic mass is 10.2. The molecule has 1 aliphatic heterocycles. The zero-order chi connectivity index (χ0) is 18.4.